The van der Waals surface area contributed by atoms with Gasteiger partial charge in [-0.15, -0.1) is 0 Å². The first kappa shape index (κ1) is 30.6. The quantitative estimate of drug-likeness (QED) is 0.280. The van der Waals surface area contributed by atoms with E-state index in [-0.39, 0.29) is 29.6 Å². The van der Waals surface area contributed by atoms with E-state index in [1.165, 1.54) is 0 Å². The molecule has 1 N–H and O–H groups in total. The summed E-state index contributed by atoms with van der Waals surface area (Å²) in [6, 6.07) is 6.30. The number of hydrogen-bond donors (Lipinski definition) is 1. The van der Waals surface area contributed by atoms with E-state index in [4.69, 9.17) is 14.2 Å². The van der Waals surface area contributed by atoms with Gasteiger partial charge in [0.25, 0.3) is 0 Å². The Balaban J connectivity index is 1.59. The molecule has 7 heteroatoms. The molecule has 1 aromatic rings. The molecule has 38 heavy (non-hydrogen) atoms. The third-order valence-electron chi connectivity index (χ3n) is 7.75. The summed E-state index contributed by atoms with van der Waals surface area (Å²) in [6.45, 7) is 9.78. The van der Waals surface area contributed by atoms with Crippen LogP contribution in [0, 0.1) is 30.6 Å². The van der Waals surface area contributed by atoms with Crippen molar-refractivity contribution in [2.24, 2.45) is 23.7 Å². The highest BCUT2D eigenvalue weighted by Crippen LogP contribution is 2.37. The molecule has 214 valence electrons. The van der Waals surface area contributed by atoms with Crippen LogP contribution in [0.3, 0.4) is 0 Å². The molecule has 1 saturated heterocycles. The van der Waals surface area contributed by atoms with E-state index in [9.17, 15) is 9.59 Å². The van der Waals surface area contributed by atoms with Crippen molar-refractivity contribution in [3.8, 4) is 5.75 Å². The van der Waals surface area contributed by atoms with Crippen LogP contribution < -0.4 is 15.0 Å². The third kappa shape index (κ3) is 9.35. The Bertz CT molecular complexity index is 885. The van der Waals surface area contributed by atoms with Crippen LogP contribution in [0.5, 0.6) is 5.75 Å². The zero-order valence-corrected chi connectivity index (χ0v) is 24.3. The average molecular weight is 531 g/mol. The number of carbonyl (C=O) groups excluding carboxylic acids is 2. The summed E-state index contributed by atoms with van der Waals surface area (Å²) in [7, 11) is 3.44. The smallest absolute Gasteiger partial charge is 0.231 e. The predicted molar refractivity (Wildman–Crippen MR) is 152 cm³/mol. The normalized spacial score (nSPS) is 20.4. The van der Waals surface area contributed by atoms with E-state index in [1.807, 2.05) is 30.0 Å². The van der Waals surface area contributed by atoms with Crippen LogP contribution in [0.4, 0.5) is 5.69 Å². The molecule has 1 amide bonds. The van der Waals surface area contributed by atoms with Crippen molar-refractivity contribution in [3.63, 3.8) is 0 Å². The SMILES string of the molecule is COCCCOc1cc(N(C(=O)[C@H]2CNC[C@@H](C(=O)CCC[C@@H](COC)CC(C)C)C2)C2CC2)ccc1C. The number of piperidine rings is 1. The molecule has 0 bridgehead atoms. The maximum Gasteiger partial charge on any atom is 0.231 e. The first-order valence-electron chi connectivity index (χ1n) is 14.6. The van der Waals surface area contributed by atoms with E-state index < -0.39 is 0 Å². The Labute approximate surface area is 230 Å². The van der Waals surface area contributed by atoms with Crippen molar-refractivity contribution in [1.29, 1.82) is 0 Å². The second kappa shape index (κ2) is 15.6. The number of amides is 1. The Morgan fingerprint density at radius 3 is 2.50 bits per heavy atom. The molecule has 3 rings (SSSR count). The molecule has 2 fully saturated rings. The number of ketones is 1. The van der Waals surface area contributed by atoms with Gasteiger partial charge in [0, 0.05) is 77.1 Å². The van der Waals surface area contributed by atoms with Gasteiger partial charge in [0.2, 0.25) is 5.91 Å². The number of Topliss-reactive ketones (excluding diaryl/α,β-unsaturated/α-hetero) is 1. The standard InChI is InChI=1S/C31H50N2O5/c1-22(2)16-24(21-37-5)8-6-9-29(34)25-17-26(20-32-19-25)31(35)33(27-12-13-27)28-11-10-23(3)30(18-28)38-15-7-14-36-4/h10-11,18,22,24-27,32H,6-9,12-17,19-21H2,1-5H3/t24-,25+,26-/m1/s1. The molecule has 0 unspecified atom stereocenters. The minimum absolute atomic E-state index is 0.0950. The maximum absolute atomic E-state index is 13.8. The van der Waals surface area contributed by atoms with Crippen LogP contribution in [-0.4, -0.2) is 64.9 Å². The van der Waals surface area contributed by atoms with Crippen LogP contribution in [0.25, 0.3) is 0 Å². The van der Waals surface area contributed by atoms with Crippen LogP contribution in [0.1, 0.15) is 70.8 Å². The Kier molecular flexibility index (Phi) is 12.5. The molecule has 1 heterocycles. The number of hydrogen-bond acceptors (Lipinski definition) is 6. The molecule has 1 aliphatic carbocycles. The van der Waals surface area contributed by atoms with Crippen LogP contribution in [0.2, 0.25) is 0 Å². The van der Waals surface area contributed by atoms with Gasteiger partial charge in [-0.05, 0) is 68.9 Å². The first-order valence-corrected chi connectivity index (χ1v) is 14.6. The van der Waals surface area contributed by atoms with Gasteiger partial charge in [0.05, 0.1) is 12.5 Å². The van der Waals surface area contributed by atoms with Gasteiger partial charge in [-0.25, -0.2) is 0 Å². The van der Waals surface area contributed by atoms with Gasteiger partial charge < -0.3 is 24.4 Å². The lowest BCUT2D eigenvalue weighted by atomic mass is 9.84. The molecular weight excluding hydrogens is 480 g/mol. The molecular formula is C31H50N2O5. The number of aryl methyl sites for hydroxylation is 1. The number of anilines is 1. The zero-order chi connectivity index (χ0) is 27.5. The van der Waals surface area contributed by atoms with Crippen molar-refractivity contribution in [1.82, 2.24) is 5.32 Å². The van der Waals surface area contributed by atoms with Crippen LogP contribution in [-0.2, 0) is 19.1 Å². The van der Waals surface area contributed by atoms with Gasteiger partial charge in [0.15, 0.2) is 0 Å². The monoisotopic (exact) mass is 530 g/mol. The summed E-state index contributed by atoms with van der Waals surface area (Å²) >= 11 is 0. The average Bonchev–Trinajstić information content (AvgIpc) is 3.73. The van der Waals surface area contributed by atoms with Gasteiger partial charge in [-0.2, -0.15) is 0 Å². The fraction of sp³-hybridized carbons (Fsp3) is 0.742. The molecule has 7 nitrogen and oxygen atoms in total. The highest BCUT2D eigenvalue weighted by atomic mass is 16.5. The largest absolute Gasteiger partial charge is 0.493 e. The lowest BCUT2D eigenvalue weighted by molar-refractivity contribution is -0.127. The van der Waals surface area contributed by atoms with Crippen molar-refractivity contribution in [2.75, 3.05) is 52.0 Å². The van der Waals surface area contributed by atoms with E-state index in [1.54, 1.807) is 14.2 Å². The summed E-state index contributed by atoms with van der Waals surface area (Å²) in [5, 5.41) is 3.39. The second-order valence-corrected chi connectivity index (χ2v) is 11.7. The van der Waals surface area contributed by atoms with Crippen molar-refractivity contribution >= 4 is 17.4 Å². The number of methoxy groups -OCH3 is 2. The molecule has 2 aliphatic rings. The summed E-state index contributed by atoms with van der Waals surface area (Å²) < 4.78 is 16.5. The maximum atomic E-state index is 13.8. The fourth-order valence-electron chi connectivity index (χ4n) is 5.64. The van der Waals surface area contributed by atoms with E-state index in [0.717, 1.165) is 62.1 Å². The highest BCUT2D eigenvalue weighted by molar-refractivity contribution is 5.97. The summed E-state index contributed by atoms with van der Waals surface area (Å²) in [5.41, 5.74) is 1.95. The Hall–Kier alpha value is -1.96. The first-order chi connectivity index (χ1) is 18.3. The summed E-state index contributed by atoms with van der Waals surface area (Å²) in [6.07, 6.45) is 7.10. The number of benzene rings is 1. The zero-order valence-electron chi connectivity index (χ0n) is 24.3. The third-order valence-corrected chi connectivity index (χ3v) is 7.75. The molecule has 1 aromatic carbocycles. The lowest BCUT2D eigenvalue weighted by Gasteiger charge is -2.33. The second-order valence-electron chi connectivity index (χ2n) is 11.7. The summed E-state index contributed by atoms with van der Waals surface area (Å²) in [4.78, 5) is 28.9. The van der Waals surface area contributed by atoms with Gasteiger partial charge in [-0.3, -0.25) is 9.59 Å². The topological polar surface area (TPSA) is 77.1 Å². The Morgan fingerprint density at radius 2 is 1.82 bits per heavy atom. The van der Waals surface area contributed by atoms with Gasteiger partial charge in [0.1, 0.15) is 11.5 Å². The lowest BCUT2D eigenvalue weighted by Crippen LogP contribution is -2.48. The highest BCUT2D eigenvalue weighted by Gasteiger charge is 2.39. The number of rotatable bonds is 17. The molecule has 0 spiro atoms. The number of carbonyl (C=O) groups is 2. The summed E-state index contributed by atoms with van der Waals surface area (Å²) in [5.74, 6) is 2.08. The molecule has 3 atom stereocenters. The van der Waals surface area contributed by atoms with Crippen molar-refractivity contribution in [2.45, 2.75) is 78.2 Å². The number of ether oxygens (including phenoxy) is 3. The number of nitrogens with zero attached hydrogens (tertiary/aromatic N) is 1. The molecule has 1 aliphatic heterocycles. The van der Waals surface area contributed by atoms with Crippen molar-refractivity contribution in [3.05, 3.63) is 23.8 Å². The van der Waals surface area contributed by atoms with Crippen molar-refractivity contribution < 1.29 is 23.8 Å². The fourth-order valence-corrected chi connectivity index (χ4v) is 5.64. The predicted octanol–water partition coefficient (Wildman–Crippen LogP) is 5.18. The minimum Gasteiger partial charge on any atom is -0.493 e. The minimum atomic E-state index is -0.187. The van der Waals surface area contributed by atoms with E-state index in [2.05, 4.69) is 19.2 Å². The van der Waals surface area contributed by atoms with Crippen LogP contribution in [0.15, 0.2) is 18.2 Å². The molecule has 0 aromatic heterocycles. The van der Waals surface area contributed by atoms with Crippen LogP contribution >= 0.6 is 0 Å². The molecule has 1 saturated carbocycles. The van der Waals surface area contributed by atoms with Gasteiger partial charge >= 0.3 is 0 Å². The van der Waals surface area contributed by atoms with Gasteiger partial charge in [-0.1, -0.05) is 19.9 Å². The Morgan fingerprint density at radius 1 is 1.05 bits per heavy atom. The van der Waals surface area contributed by atoms with E-state index >= 15 is 0 Å². The number of nitrogens with one attached hydrogen (secondary N) is 1. The van der Waals surface area contributed by atoms with E-state index in [0.29, 0.717) is 51.0 Å². The molecule has 0 radical (unpaired) electrons.